The molecule has 9 nitrogen and oxygen atoms in total. The van der Waals surface area contributed by atoms with Crippen LogP contribution in [0.15, 0.2) is 102 Å². The number of carboxylic acids is 1. The molecule has 1 saturated carbocycles. The third kappa shape index (κ3) is 9.13. The number of carboxylic acid groups (broad SMARTS) is 1. The molecule has 0 saturated heterocycles. The SMILES string of the molecule is O=C(Cc1ccc(Oc2ccc(OCC3(NSc4cccc(F)c4)CCCC3)cc2)cc1)Nc1ccccc1C(=O)O.O=O. The summed E-state index contributed by atoms with van der Waals surface area (Å²) in [4.78, 5) is 38.7. The number of carbonyl (C=O) groups is 2. The lowest BCUT2D eigenvalue weighted by atomic mass is 10.0. The van der Waals surface area contributed by atoms with Crippen LogP contribution >= 0.6 is 11.9 Å². The van der Waals surface area contributed by atoms with Gasteiger partial charge in [-0.1, -0.05) is 43.2 Å². The maximum atomic E-state index is 13.6. The molecule has 0 aliphatic heterocycles. The van der Waals surface area contributed by atoms with Crippen molar-refractivity contribution >= 4 is 29.5 Å². The molecule has 1 aliphatic rings. The topological polar surface area (TPSA) is 131 Å². The van der Waals surface area contributed by atoms with Crippen LogP contribution in [-0.4, -0.2) is 29.1 Å². The molecule has 5 rings (SSSR count). The van der Waals surface area contributed by atoms with Crippen LogP contribution in [0.3, 0.4) is 0 Å². The fraction of sp³-hybridized carbons (Fsp3) is 0.212. The second kappa shape index (κ2) is 15.6. The van der Waals surface area contributed by atoms with Gasteiger partial charge in [-0.2, -0.15) is 0 Å². The standard InChI is InChI=1S/C33H31FN2O5S.O2/c34-24-6-5-7-28(21-24)42-36-33(18-3-4-19-33)22-40-25-14-16-27(17-15-25)41-26-12-10-23(11-13-26)20-31(37)35-30-9-2-1-8-29(30)32(38)39;1-2/h1-2,5-17,21,36H,3-4,18-20,22H2,(H,35,37)(H,38,39);. The fourth-order valence-corrected chi connectivity index (χ4v) is 5.74. The average molecular weight is 619 g/mol. The number of aromatic carboxylic acids is 1. The van der Waals surface area contributed by atoms with Crippen LogP contribution in [0.2, 0.25) is 0 Å². The zero-order chi connectivity index (χ0) is 31.4. The van der Waals surface area contributed by atoms with Crippen LogP contribution in [0.1, 0.15) is 41.6 Å². The van der Waals surface area contributed by atoms with Crippen molar-refractivity contribution in [3.63, 3.8) is 0 Å². The monoisotopic (exact) mass is 618 g/mol. The van der Waals surface area contributed by atoms with Gasteiger partial charge in [0.15, 0.2) is 0 Å². The van der Waals surface area contributed by atoms with Gasteiger partial charge in [0.2, 0.25) is 5.91 Å². The van der Waals surface area contributed by atoms with Gasteiger partial charge in [0, 0.05) is 14.8 Å². The summed E-state index contributed by atoms with van der Waals surface area (Å²) in [7, 11) is 0. The zero-order valence-electron chi connectivity index (χ0n) is 23.7. The summed E-state index contributed by atoms with van der Waals surface area (Å²) in [6.45, 7) is 0.506. The number of nitrogens with one attached hydrogen (secondary N) is 2. The molecule has 3 N–H and O–H groups in total. The molecule has 1 fully saturated rings. The number of hydrogen-bond acceptors (Lipinski definition) is 8. The number of rotatable bonds is 12. The molecule has 44 heavy (non-hydrogen) atoms. The molecule has 4 aromatic carbocycles. The highest BCUT2D eigenvalue weighted by Gasteiger charge is 2.35. The zero-order valence-corrected chi connectivity index (χ0v) is 24.5. The molecule has 1 amide bonds. The van der Waals surface area contributed by atoms with Crippen LogP contribution in [0, 0.1) is 15.7 Å². The van der Waals surface area contributed by atoms with Crippen molar-refractivity contribution in [2.75, 3.05) is 11.9 Å². The molecule has 0 unspecified atom stereocenters. The first-order valence-electron chi connectivity index (χ1n) is 13.9. The first kappa shape index (κ1) is 32.2. The number of anilines is 1. The Kier molecular flexibility index (Phi) is 11.4. The summed E-state index contributed by atoms with van der Waals surface area (Å²) in [5, 5.41) is 12.0. The minimum absolute atomic E-state index is 0.0422. The molecular formula is C33H31FN2O7S. The van der Waals surface area contributed by atoms with E-state index in [4.69, 9.17) is 19.4 Å². The molecule has 0 heterocycles. The summed E-state index contributed by atoms with van der Waals surface area (Å²) in [6, 6.07) is 27.4. The van der Waals surface area contributed by atoms with Gasteiger partial charge in [0.05, 0.1) is 23.2 Å². The lowest BCUT2D eigenvalue weighted by molar-refractivity contribution is -0.115. The highest BCUT2D eigenvalue weighted by molar-refractivity contribution is 7.97. The van der Waals surface area contributed by atoms with Crippen LogP contribution in [-0.2, 0) is 11.2 Å². The Hall–Kier alpha value is -4.74. The minimum atomic E-state index is -1.10. The molecule has 0 atom stereocenters. The lowest BCUT2D eigenvalue weighted by Gasteiger charge is -2.29. The quantitative estimate of drug-likeness (QED) is 0.138. The molecule has 11 heteroatoms. The Morgan fingerprint density at radius 1 is 0.841 bits per heavy atom. The molecule has 4 aromatic rings. The predicted octanol–water partition coefficient (Wildman–Crippen LogP) is 7.55. The second-order valence-electron chi connectivity index (χ2n) is 10.2. The number of para-hydroxylation sites is 1. The van der Waals surface area contributed by atoms with E-state index >= 15 is 0 Å². The van der Waals surface area contributed by atoms with E-state index in [0.717, 1.165) is 41.9 Å². The number of hydrogen-bond donors (Lipinski definition) is 3. The van der Waals surface area contributed by atoms with Crippen molar-refractivity contribution in [1.29, 1.82) is 0 Å². The van der Waals surface area contributed by atoms with Crippen molar-refractivity contribution < 1.29 is 28.6 Å². The van der Waals surface area contributed by atoms with E-state index in [1.165, 1.54) is 30.1 Å². The van der Waals surface area contributed by atoms with Gasteiger partial charge < -0.3 is 19.9 Å². The van der Waals surface area contributed by atoms with Crippen LogP contribution < -0.4 is 19.5 Å². The number of ether oxygens (including phenoxy) is 2. The number of carbonyl (C=O) groups excluding carboxylic acids is 1. The average Bonchev–Trinajstić information content (AvgIpc) is 3.51. The van der Waals surface area contributed by atoms with E-state index in [2.05, 4.69) is 10.0 Å². The van der Waals surface area contributed by atoms with Gasteiger partial charge in [0.25, 0.3) is 0 Å². The van der Waals surface area contributed by atoms with Gasteiger partial charge >= 0.3 is 5.97 Å². The van der Waals surface area contributed by atoms with Gasteiger partial charge in [-0.05, 0) is 97.1 Å². The Morgan fingerprint density at radius 3 is 2.14 bits per heavy atom. The Bertz CT molecular complexity index is 1540. The number of benzene rings is 4. The summed E-state index contributed by atoms with van der Waals surface area (Å²) in [5.41, 5.74) is 0.895. The summed E-state index contributed by atoms with van der Waals surface area (Å²) in [6.07, 6.45) is 4.31. The van der Waals surface area contributed by atoms with E-state index in [9.17, 15) is 19.1 Å². The third-order valence-electron chi connectivity index (χ3n) is 7.04. The number of amides is 1. The molecule has 0 aromatic heterocycles. The molecule has 1 aliphatic carbocycles. The first-order valence-corrected chi connectivity index (χ1v) is 14.7. The van der Waals surface area contributed by atoms with E-state index in [-0.39, 0.29) is 34.9 Å². The van der Waals surface area contributed by atoms with Crippen molar-refractivity contribution in [2.45, 2.75) is 42.5 Å². The summed E-state index contributed by atoms with van der Waals surface area (Å²) < 4.78 is 29.2. The van der Waals surface area contributed by atoms with Gasteiger partial charge in [-0.25, -0.2) is 9.18 Å². The molecule has 228 valence electrons. The van der Waals surface area contributed by atoms with Crippen LogP contribution in [0.25, 0.3) is 0 Å². The lowest BCUT2D eigenvalue weighted by Crippen LogP contribution is -2.44. The molecular weight excluding hydrogens is 587 g/mol. The maximum absolute atomic E-state index is 13.6. The van der Waals surface area contributed by atoms with Gasteiger partial charge in [-0.3, -0.25) is 9.52 Å². The fourth-order valence-electron chi connectivity index (χ4n) is 4.82. The molecule has 0 spiro atoms. The van der Waals surface area contributed by atoms with E-state index in [1.54, 1.807) is 48.5 Å². The van der Waals surface area contributed by atoms with Crippen molar-refractivity contribution in [1.82, 2.24) is 4.72 Å². The van der Waals surface area contributed by atoms with Gasteiger partial charge in [0.1, 0.15) is 29.7 Å². The normalized spacial score (nSPS) is 13.3. The van der Waals surface area contributed by atoms with Gasteiger partial charge in [-0.15, -0.1) is 0 Å². The number of halogens is 1. The van der Waals surface area contributed by atoms with Crippen molar-refractivity contribution in [2.24, 2.45) is 0 Å². The van der Waals surface area contributed by atoms with E-state index in [1.807, 2.05) is 30.3 Å². The summed E-state index contributed by atoms with van der Waals surface area (Å²) >= 11 is 1.44. The Morgan fingerprint density at radius 2 is 1.48 bits per heavy atom. The summed E-state index contributed by atoms with van der Waals surface area (Å²) in [5.74, 6) is 0.340. The molecule has 0 bridgehead atoms. The molecule has 0 radical (unpaired) electrons. The van der Waals surface area contributed by atoms with Crippen LogP contribution in [0.4, 0.5) is 10.1 Å². The highest BCUT2D eigenvalue weighted by Crippen LogP contribution is 2.34. The first-order chi connectivity index (χ1) is 21.4. The maximum Gasteiger partial charge on any atom is 0.337 e. The van der Waals surface area contributed by atoms with E-state index in [0.29, 0.717) is 18.1 Å². The van der Waals surface area contributed by atoms with Crippen molar-refractivity contribution in [3.05, 3.63) is 124 Å². The smallest absolute Gasteiger partial charge is 0.337 e. The van der Waals surface area contributed by atoms with E-state index < -0.39 is 5.97 Å². The minimum Gasteiger partial charge on any atom is -0.492 e. The second-order valence-corrected chi connectivity index (χ2v) is 11.1. The Labute approximate surface area is 258 Å². The Balaban J connectivity index is 0.00000216. The van der Waals surface area contributed by atoms with Crippen LogP contribution in [0.5, 0.6) is 17.2 Å². The van der Waals surface area contributed by atoms with Crippen molar-refractivity contribution in [3.8, 4) is 17.2 Å². The third-order valence-corrected chi connectivity index (χ3v) is 8.06. The highest BCUT2D eigenvalue weighted by atomic mass is 32.2. The predicted molar refractivity (Wildman–Crippen MR) is 168 cm³/mol. The largest absolute Gasteiger partial charge is 0.492 e.